The predicted molar refractivity (Wildman–Crippen MR) is 169 cm³/mol. The fraction of sp³-hybridized carbons (Fsp3) is 0.345. The second-order valence-corrected chi connectivity index (χ2v) is 13.6. The smallest absolute Gasteiger partial charge is 0.363 e. The number of amidine groups is 1. The molecule has 2 aliphatic heterocycles. The van der Waals surface area contributed by atoms with Crippen molar-refractivity contribution < 1.29 is 41.6 Å². The number of hydrogen-bond donors (Lipinski definition) is 4. The number of rotatable bonds is 9. The van der Waals surface area contributed by atoms with Gasteiger partial charge in [-0.05, 0) is 37.1 Å². The molecule has 2 amide bonds. The van der Waals surface area contributed by atoms with E-state index in [1.807, 2.05) is 0 Å². The first-order valence-corrected chi connectivity index (χ1v) is 16.8. The molecule has 47 heavy (non-hydrogen) atoms. The van der Waals surface area contributed by atoms with E-state index in [1.165, 1.54) is 12.3 Å². The molecule has 6 rings (SSSR count). The van der Waals surface area contributed by atoms with E-state index in [0.717, 1.165) is 18.9 Å². The Hall–Kier alpha value is -4.68. The number of β-lactam (4-membered cyclic amide) rings is 1. The lowest BCUT2D eigenvalue weighted by Crippen LogP contribution is -2.71. The molecule has 2 atom stereocenters. The number of hydrogen-bond acceptors (Lipinski definition) is 10. The second kappa shape index (κ2) is 12.5. The molecular weight excluding hydrogens is 659 g/mol. The summed E-state index contributed by atoms with van der Waals surface area (Å²) in [5, 5.41) is 19.0. The number of carbonyl (C=O) groups is 3. The fourth-order valence-corrected chi connectivity index (χ4v) is 7.82. The van der Waals surface area contributed by atoms with Crippen LogP contribution in [-0.2, 0) is 19.9 Å². The first kappa shape index (κ1) is 32.3. The van der Waals surface area contributed by atoms with Crippen LogP contribution in [0, 0.1) is 11.2 Å². The highest BCUT2D eigenvalue weighted by Crippen LogP contribution is 2.38. The molecule has 0 spiro atoms. The van der Waals surface area contributed by atoms with Crippen molar-refractivity contribution in [2.75, 3.05) is 37.7 Å². The maximum absolute atomic E-state index is 15.4. The highest BCUT2D eigenvalue weighted by Gasteiger charge is 2.55. The third kappa shape index (κ3) is 6.48. The summed E-state index contributed by atoms with van der Waals surface area (Å²) in [7, 11) is -4.99. The molecule has 3 aliphatic rings. The van der Waals surface area contributed by atoms with E-state index < -0.39 is 62.9 Å². The topological polar surface area (TPSA) is 203 Å². The summed E-state index contributed by atoms with van der Waals surface area (Å²) < 4.78 is 56.2. The number of piperazine rings is 1. The first-order chi connectivity index (χ1) is 22.3. The zero-order valence-electron chi connectivity index (χ0n) is 24.5. The van der Waals surface area contributed by atoms with Crippen molar-refractivity contribution in [3.63, 3.8) is 0 Å². The molecule has 1 saturated carbocycles. The molecule has 15 nitrogen and oxygen atoms in total. The minimum atomic E-state index is -4.99. The lowest BCUT2D eigenvalue weighted by atomic mass is 10.1. The number of pyridine rings is 1. The summed E-state index contributed by atoms with van der Waals surface area (Å²) in [5.74, 6) is -3.46. The molecule has 3 heterocycles. The van der Waals surface area contributed by atoms with Crippen molar-refractivity contribution >= 4 is 61.6 Å². The maximum Gasteiger partial charge on any atom is 0.363 e. The number of halogens is 1. The SMILES string of the molecule is N=C(SC1[C@@H](NC(=O)COc2ccccc2)C(=O)N1S(=O)(=O)O)N1CCN(c2cc3c(cc2F)c(=O)c(C(=O)O)cn3C2CC2)CC1. The minimum Gasteiger partial charge on any atom is -0.484 e. The summed E-state index contributed by atoms with van der Waals surface area (Å²) in [6.45, 7) is 0.402. The quantitative estimate of drug-likeness (QED) is 0.109. The fourth-order valence-electron chi connectivity index (χ4n) is 5.56. The largest absolute Gasteiger partial charge is 0.484 e. The van der Waals surface area contributed by atoms with Crippen LogP contribution in [0.15, 0.2) is 53.5 Å². The van der Waals surface area contributed by atoms with E-state index in [9.17, 15) is 37.3 Å². The molecule has 1 unspecified atom stereocenters. The Morgan fingerprint density at radius 3 is 2.38 bits per heavy atom. The van der Waals surface area contributed by atoms with Gasteiger partial charge in [-0.25, -0.2) is 9.18 Å². The predicted octanol–water partition coefficient (Wildman–Crippen LogP) is 1.50. The Balaban J connectivity index is 1.13. The van der Waals surface area contributed by atoms with Crippen LogP contribution in [-0.4, -0.2) is 99.0 Å². The van der Waals surface area contributed by atoms with Gasteiger partial charge >= 0.3 is 16.3 Å². The average Bonchev–Trinajstić information content (AvgIpc) is 3.88. The standard InChI is InChI=1S/C29H29FN6O9S2/c30-20-12-18-21(35(16-6-7-16)14-19(25(18)38)28(40)41)13-22(20)33-8-10-34(11-9-33)29(31)46-27-24(26(39)36(27)47(42,43)44)32-23(37)15-45-17-4-2-1-3-5-17/h1-5,12-14,16,24,27,31H,6-11,15H2,(H,32,37)(H,40,41)(H,42,43,44)/t24-,27?/m0/s1. The Bertz CT molecular complexity index is 1950. The van der Waals surface area contributed by atoms with Crippen LogP contribution < -0.4 is 20.4 Å². The number of aromatic carboxylic acids is 1. The molecule has 4 N–H and O–H groups in total. The van der Waals surface area contributed by atoms with Gasteiger partial charge in [0.15, 0.2) is 11.8 Å². The van der Waals surface area contributed by atoms with Crippen LogP contribution in [0.4, 0.5) is 10.1 Å². The highest BCUT2D eigenvalue weighted by atomic mass is 32.2. The number of fused-ring (bicyclic) bond motifs is 1. The molecular formula is C29H29FN6O9S2. The van der Waals surface area contributed by atoms with Gasteiger partial charge in [0.2, 0.25) is 5.43 Å². The molecule has 248 valence electrons. The van der Waals surface area contributed by atoms with Crippen molar-refractivity contribution in [1.29, 1.82) is 5.41 Å². The summed E-state index contributed by atoms with van der Waals surface area (Å²) in [4.78, 5) is 52.8. The Labute approximate surface area is 271 Å². The summed E-state index contributed by atoms with van der Waals surface area (Å²) in [6.07, 6.45) is 2.90. The van der Waals surface area contributed by atoms with Gasteiger partial charge < -0.3 is 29.5 Å². The third-order valence-electron chi connectivity index (χ3n) is 8.09. The lowest BCUT2D eigenvalue weighted by Gasteiger charge is -2.45. The van der Waals surface area contributed by atoms with E-state index in [-0.39, 0.29) is 52.8 Å². The first-order valence-electron chi connectivity index (χ1n) is 14.5. The van der Waals surface area contributed by atoms with Gasteiger partial charge in [0.1, 0.15) is 28.5 Å². The van der Waals surface area contributed by atoms with Gasteiger partial charge in [-0.2, -0.15) is 12.7 Å². The number of anilines is 1. The molecule has 0 bridgehead atoms. The van der Waals surface area contributed by atoms with Gasteiger partial charge in [-0.3, -0.25) is 24.3 Å². The zero-order chi connectivity index (χ0) is 33.6. The van der Waals surface area contributed by atoms with Crippen LogP contribution in [0.1, 0.15) is 29.2 Å². The number of para-hydroxylation sites is 1. The van der Waals surface area contributed by atoms with Crippen molar-refractivity contribution in [2.24, 2.45) is 0 Å². The number of carbonyl (C=O) groups excluding carboxylic acids is 2. The Kier molecular flexibility index (Phi) is 8.58. The van der Waals surface area contributed by atoms with Crippen LogP contribution in [0.2, 0.25) is 0 Å². The maximum atomic E-state index is 15.4. The van der Waals surface area contributed by atoms with Crippen molar-refractivity contribution in [2.45, 2.75) is 30.3 Å². The number of thioether (sulfide) groups is 1. The van der Waals surface area contributed by atoms with Gasteiger partial charge in [-0.15, -0.1) is 0 Å². The molecule has 2 aromatic carbocycles. The van der Waals surface area contributed by atoms with Gasteiger partial charge in [0, 0.05) is 43.8 Å². The Morgan fingerprint density at radius 1 is 1.09 bits per heavy atom. The van der Waals surface area contributed by atoms with Crippen molar-refractivity contribution in [3.8, 4) is 5.75 Å². The zero-order valence-corrected chi connectivity index (χ0v) is 26.2. The minimum absolute atomic E-state index is 0.00883. The summed E-state index contributed by atoms with van der Waals surface area (Å²) in [5.41, 5.74) is -0.566. The van der Waals surface area contributed by atoms with Crippen LogP contribution >= 0.6 is 11.8 Å². The van der Waals surface area contributed by atoms with Crippen molar-refractivity contribution in [1.82, 2.24) is 19.1 Å². The third-order valence-corrected chi connectivity index (χ3v) is 10.3. The number of benzene rings is 2. The van der Waals surface area contributed by atoms with Crippen LogP contribution in [0.3, 0.4) is 0 Å². The van der Waals surface area contributed by atoms with Crippen molar-refractivity contribution in [3.05, 3.63) is 70.3 Å². The molecule has 1 aromatic heterocycles. The number of aromatic nitrogens is 1. The molecule has 0 radical (unpaired) electrons. The molecule has 3 fully saturated rings. The van der Waals surface area contributed by atoms with E-state index in [0.29, 0.717) is 23.0 Å². The van der Waals surface area contributed by atoms with E-state index >= 15 is 4.39 Å². The van der Waals surface area contributed by atoms with Crippen LogP contribution in [0.5, 0.6) is 5.75 Å². The van der Waals surface area contributed by atoms with E-state index in [1.54, 1.807) is 44.7 Å². The number of carboxylic acid groups (broad SMARTS) is 1. The number of amides is 2. The highest BCUT2D eigenvalue weighted by molar-refractivity contribution is 8.14. The number of carboxylic acids is 1. The summed E-state index contributed by atoms with van der Waals surface area (Å²) >= 11 is 0.657. The van der Waals surface area contributed by atoms with Gasteiger partial charge in [0.05, 0.1) is 11.2 Å². The average molecular weight is 689 g/mol. The van der Waals surface area contributed by atoms with E-state index in [4.69, 9.17) is 10.1 Å². The normalized spacial score (nSPS) is 19.8. The monoisotopic (exact) mass is 688 g/mol. The second-order valence-electron chi connectivity index (χ2n) is 11.2. The Morgan fingerprint density at radius 2 is 1.77 bits per heavy atom. The number of nitrogens with zero attached hydrogens (tertiary/aromatic N) is 4. The molecule has 2 saturated heterocycles. The summed E-state index contributed by atoms with van der Waals surface area (Å²) in [6, 6.07) is 9.66. The molecule has 1 aliphatic carbocycles. The lowest BCUT2D eigenvalue weighted by molar-refractivity contribution is -0.142. The molecule has 3 aromatic rings. The number of nitrogens with one attached hydrogen (secondary N) is 2. The number of ether oxygens (including phenoxy) is 1. The molecule has 18 heteroatoms. The van der Waals surface area contributed by atoms with Gasteiger partial charge in [0.25, 0.3) is 11.8 Å². The van der Waals surface area contributed by atoms with Gasteiger partial charge in [-0.1, -0.05) is 30.0 Å². The van der Waals surface area contributed by atoms with E-state index in [2.05, 4.69) is 5.32 Å². The van der Waals surface area contributed by atoms with Crippen LogP contribution in [0.25, 0.3) is 10.9 Å².